The first kappa shape index (κ1) is 59.8. The molecule has 2 rings (SSSR count). The lowest BCUT2D eigenvalue weighted by Crippen LogP contribution is -2.48. The summed E-state index contributed by atoms with van der Waals surface area (Å²) in [7, 11) is 4.20. The van der Waals surface area contributed by atoms with E-state index in [4.69, 9.17) is 33.2 Å². The van der Waals surface area contributed by atoms with Gasteiger partial charge in [0, 0.05) is 13.7 Å². The predicted molar refractivity (Wildman–Crippen MR) is 270 cm³/mol. The molecule has 0 aromatic carbocycles. The van der Waals surface area contributed by atoms with Crippen LogP contribution in [0.15, 0.2) is 0 Å². The fraction of sp³-hybridized carbons (Fsp3) is 1.00. The maximum atomic E-state index is 6.40. The highest BCUT2D eigenvalue weighted by Crippen LogP contribution is 2.36. The Labute approximate surface area is 399 Å². The Morgan fingerprint density at radius 3 is 1.22 bits per heavy atom. The van der Waals surface area contributed by atoms with Crippen LogP contribution in [-0.4, -0.2) is 101 Å². The molecule has 2 saturated heterocycles. The van der Waals surface area contributed by atoms with Gasteiger partial charge in [-0.15, -0.1) is 0 Å². The topological polar surface area (TPSA) is 64.6 Å². The molecule has 2 aliphatic heterocycles. The first-order chi connectivity index (χ1) is 31.0. The van der Waals surface area contributed by atoms with Gasteiger partial charge in [0.2, 0.25) is 0 Å². The molecule has 0 aromatic rings. The highest BCUT2D eigenvalue weighted by Gasteiger charge is 2.51. The zero-order valence-electron chi connectivity index (χ0n) is 44.3. The Hall–Kier alpha value is -0.320. The van der Waals surface area contributed by atoms with E-state index in [0.29, 0.717) is 13.2 Å². The Bertz CT molecular complexity index is 989. The lowest BCUT2D eigenvalue weighted by Gasteiger charge is -2.35. The predicted octanol–water partition coefficient (Wildman–Crippen LogP) is 15.8. The summed E-state index contributed by atoms with van der Waals surface area (Å²) in [5.41, 5.74) is 0. The summed E-state index contributed by atoms with van der Waals surface area (Å²) in [6, 6.07) is 0. The van der Waals surface area contributed by atoms with Crippen molar-refractivity contribution < 1.29 is 37.6 Å². The monoisotopic (exact) mass is 911 g/mol. The van der Waals surface area contributed by atoms with Gasteiger partial charge in [0.15, 0.2) is 11.6 Å². The number of methoxy groups -OCH3 is 1. The third-order valence-corrected chi connectivity index (χ3v) is 14.2. The van der Waals surface area contributed by atoms with Crippen LogP contribution in [-0.2, 0) is 33.2 Å². The van der Waals surface area contributed by atoms with Gasteiger partial charge in [-0.3, -0.25) is 0 Å². The van der Waals surface area contributed by atoms with Crippen LogP contribution >= 0.6 is 0 Å². The molecule has 0 aliphatic carbocycles. The number of rotatable bonds is 47. The van der Waals surface area contributed by atoms with Crippen molar-refractivity contribution >= 4 is 0 Å². The Morgan fingerprint density at radius 1 is 0.484 bits per heavy atom. The van der Waals surface area contributed by atoms with E-state index in [0.717, 1.165) is 13.0 Å². The van der Waals surface area contributed by atoms with Crippen molar-refractivity contribution in [2.24, 2.45) is 0 Å². The average Bonchev–Trinajstić information content (AvgIpc) is 3.79. The van der Waals surface area contributed by atoms with E-state index in [-0.39, 0.29) is 25.1 Å². The van der Waals surface area contributed by atoms with Gasteiger partial charge in [-0.2, -0.15) is 0 Å². The van der Waals surface area contributed by atoms with Gasteiger partial charge in [0.05, 0.1) is 39.9 Å². The molecule has 0 saturated carbocycles. The van der Waals surface area contributed by atoms with Crippen LogP contribution in [0.5, 0.6) is 0 Å². The highest BCUT2D eigenvalue weighted by molar-refractivity contribution is 4.93. The van der Waals surface area contributed by atoms with Gasteiger partial charge in [0.1, 0.15) is 31.2 Å². The fourth-order valence-corrected chi connectivity index (χ4v) is 10.2. The summed E-state index contributed by atoms with van der Waals surface area (Å²) in [5, 5.41) is 0. The van der Waals surface area contributed by atoms with Gasteiger partial charge in [0.25, 0.3) is 0 Å². The minimum atomic E-state index is -0.733. The largest absolute Gasteiger partial charge is 0.379 e. The summed E-state index contributed by atoms with van der Waals surface area (Å²) >= 11 is 0. The maximum absolute atomic E-state index is 6.40. The van der Waals surface area contributed by atoms with E-state index < -0.39 is 17.7 Å². The van der Waals surface area contributed by atoms with Gasteiger partial charge in [-0.25, -0.2) is 0 Å². The van der Waals surface area contributed by atoms with E-state index in [1.54, 1.807) is 7.11 Å². The smallest absolute Gasteiger partial charge is 0.164 e. The second kappa shape index (κ2) is 38.5. The van der Waals surface area contributed by atoms with Gasteiger partial charge in [-0.1, -0.05) is 194 Å². The molecule has 8 nitrogen and oxygen atoms in total. The molecule has 0 unspecified atom stereocenters. The first-order valence-corrected chi connectivity index (χ1v) is 28.2. The molecule has 0 N–H and O–H groups in total. The van der Waals surface area contributed by atoms with Crippen molar-refractivity contribution in [1.82, 2.24) is 0 Å². The van der Waals surface area contributed by atoms with E-state index in [1.165, 1.54) is 242 Å². The van der Waals surface area contributed by atoms with Crippen LogP contribution in [0.2, 0.25) is 0 Å². The van der Waals surface area contributed by atoms with Crippen LogP contribution in [0.1, 0.15) is 266 Å². The average molecular weight is 912 g/mol. The molecule has 64 heavy (non-hydrogen) atoms. The molecule has 382 valence electrons. The molecule has 8 heteroatoms. The molecule has 2 fully saturated rings. The second-order valence-electron chi connectivity index (χ2n) is 21.6. The quantitative estimate of drug-likeness (QED) is 0.0342. The summed E-state index contributed by atoms with van der Waals surface area (Å²) < 4.78 is 43.8. The molecular weight excluding hydrogens is 799 g/mol. The normalized spacial score (nSPS) is 20.2. The van der Waals surface area contributed by atoms with Gasteiger partial charge >= 0.3 is 0 Å². The second-order valence-corrected chi connectivity index (χ2v) is 21.6. The Morgan fingerprint density at radius 2 is 0.859 bits per heavy atom. The minimum absolute atomic E-state index is 0.148. The van der Waals surface area contributed by atoms with E-state index in [1.807, 2.05) is 27.7 Å². The summed E-state index contributed by atoms with van der Waals surface area (Å²) in [6.45, 7) is 18.1. The maximum Gasteiger partial charge on any atom is 0.164 e. The minimum Gasteiger partial charge on any atom is -0.379 e. The highest BCUT2D eigenvalue weighted by atomic mass is 16.8. The molecule has 2 heterocycles. The van der Waals surface area contributed by atoms with E-state index in [9.17, 15) is 0 Å². The SMILES string of the molecule is CCCCCCCCCCCCCCCCCC[N+](C)(CCCCCCCCCCCCCCCCCC)CCCCCOC[C@@H]1OC(C)(C)O[C@H]1[C@@H](OCOC)[C@H]1COC(C)(C)O1. The molecule has 0 spiro atoms. The summed E-state index contributed by atoms with van der Waals surface area (Å²) in [4.78, 5) is 0. The zero-order valence-corrected chi connectivity index (χ0v) is 44.3. The van der Waals surface area contributed by atoms with Crippen molar-refractivity contribution in [3.8, 4) is 0 Å². The van der Waals surface area contributed by atoms with Crippen molar-refractivity contribution in [3.63, 3.8) is 0 Å². The molecule has 2 aliphatic rings. The number of unbranched alkanes of at least 4 members (excludes halogenated alkanes) is 32. The standard InChI is InChI=1S/C56H112NO7/c1-9-11-13-15-17-19-21-23-25-27-29-31-33-35-37-40-44-57(7,45-41-38-36-34-32-30-28-26-24-22-20-18-16-14-12-10-2)46-42-39-43-47-59-48-51-54(64-56(5,6)63-51)53(60-50-58-8)52-49-61-55(3,4)62-52/h51-54H,9-50H2,1-8H3/q+1/t51-,52+,53-,54+/m0/s1. The van der Waals surface area contributed by atoms with Crippen LogP contribution in [0.3, 0.4) is 0 Å². The molecule has 0 bridgehead atoms. The van der Waals surface area contributed by atoms with Crippen molar-refractivity contribution in [3.05, 3.63) is 0 Å². The summed E-state index contributed by atoms with van der Waals surface area (Å²) in [5.74, 6) is -1.39. The molecule has 0 amide bonds. The van der Waals surface area contributed by atoms with Gasteiger partial charge in [-0.05, 0) is 72.6 Å². The molecule has 4 atom stereocenters. The number of ether oxygens (including phenoxy) is 7. The van der Waals surface area contributed by atoms with Crippen LogP contribution < -0.4 is 0 Å². The van der Waals surface area contributed by atoms with Gasteiger partial charge < -0.3 is 37.6 Å². The van der Waals surface area contributed by atoms with Crippen LogP contribution in [0.4, 0.5) is 0 Å². The number of nitrogens with zero attached hydrogens (tertiary/aromatic N) is 1. The van der Waals surface area contributed by atoms with Crippen LogP contribution in [0.25, 0.3) is 0 Å². The zero-order chi connectivity index (χ0) is 46.5. The number of quaternary nitrogens is 1. The third-order valence-electron chi connectivity index (χ3n) is 14.2. The van der Waals surface area contributed by atoms with Crippen LogP contribution in [0, 0.1) is 0 Å². The van der Waals surface area contributed by atoms with E-state index in [2.05, 4.69) is 20.9 Å². The molecule has 0 radical (unpaired) electrons. The first-order valence-electron chi connectivity index (χ1n) is 28.2. The summed E-state index contributed by atoms with van der Waals surface area (Å²) in [6.07, 6.45) is 48.1. The Balaban J connectivity index is 1.68. The molecular formula is C56H112NO7+. The number of hydrogen-bond acceptors (Lipinski definition) is 7. The fourth-order valence-electron chi connectivity index (χ4n) is 10.2. The van der Waals surface area contributed by atoms with E-state index >= 15 is 0 Å². The lowest BCUT2D eigenvalue weighted by atomic mass is 10.0. The third kappa shape index (κ3) is 30.9. The van der Waals surface area contributed by atoms with Crippen molar-refractivity contribution in [2.75, 3.05) is 60.4 Å². The number of hydrogen-bond donors (Lipinski definition) is 0. The molecule has 0 aromatic heterocycles. The Kier molecular flexibility index (Phi) is 36.0. The van der Waals surface area contributed by atoms with Crippen molar-refractivity contribution in [1.29, 1.82) is 0 Å². The van der Waals surface area contributed by atoms with Crippen molar-refractivity contribution in [2.45, 2.75) is 302 Å². The lowest BCUT2D eigenvalue weighted by molar-refractivity contribution is -0.910.